The lowest BCUT2D eigenvalue weighted by Crippen LogP contribution is -2.38. The van der Waals surface area contributed by atoms with E-state index in [9.17, 15) is 53.3 Å². The van der Waals surface area contributed by atoms with Crippen LogP contribution in [0.4, 0.5) is 11.4 Å². The number of unbranched alkanes of at least 4 members (excludes halogenated alkanes) is 1. The van der Waals surface area contributed by atoms with E-state index in [1.165, 1.54) is 65.2 Å². The predicted octanol–water partition coefficient (Wildman–Crippen LogP) is 7.15. The molecular formula is C57H72N4O17S4. The summed E-state index contributed by atoms with van der Waals surface area (Å²) in [6, 6.07) is 10.9. The van der Waals surface area contributed by atoms with Crippen molar-refractivity contribution in [3.05, 3.63) is 118 Å². The van der Waals surface area contributed by atoms with Crippen LogP contribution in [0.25, 0.3) is 0 Å². The predicted molar refractivity (Wildman–Crippen MR) is 306 cm³/mol. The summed E-state index contributed by atoms with van der Waals surface area (Å²) in [4.78, 5) is 43.3. The number of rotatable bonds is 27. The van der Waals surface area contributed by atoms with Crippen molar-refractivity contribution in [3.8, 4) is 5.75 Å². The number of hydrogen-bond acceptors (Lipinski definition) is 17. The van der Waals surface area contributed by atoms with Crippen LogP contribution in [-0.4, -0.2) is 150 Å². The molecule has 0 bridgehead atoms. The molecule has 3 aromatic carbocycles. The molecule has 1 atom stereocenters. The van der Waals surface area contributed by atoms with Gasteiger partial charge in [0.15, 0.2) is 5.71 Å². The van der Waals surface area contributed by atoms with Crippen molar-refractivity contribution >= 4 is 76.9 Å². The number of benzene rings is 3. The van der Waals surface area contributed by atoms with E-state index in [1.54, 1.807) is 25.2 Å². The van der Waals surface area contributed by atoms with Crippen molar-refractivity contribution in [2.75, 3.05) is 77.7 Å². The van der Waals surface area contributed by atoms with Crippen molar-refractivity contribution < 1.29 is 81.7 Å². The van der Waals surface area contributed by atoms with Gasteiger partial charge in [0.1, 0.15) is 28.7 Å². The molecule has 7 rings (SSSR count). The normalized spacial score (nSPS) is 19.1. The van der Waals surface area contributed by atoms with Crippen molar-refractivity contribution in [1.29, 1.82) is 0 Å². The zero-order valence-corrected chi connectivity index (χ0v) is 50.6. The number of carbonyl (C=O) groups excluding carboxylic acids is 3. The standard InChI is InChI=1S/C57H72N4O17S4/c1-37-32-43(81(68,69)70)34-45-52(37)59(7)48(56(45,3)4)21-15-39-12-11-13-40(54(39)78-41-17-19-42(20-18-41)80(65,66)67)16-22-49-57(5,6)46-35-44(82(71,72)73)33-38(2)53(46)61(49)77-31-30-76-29-28-75-27-26-74-25-10-9-14-50(62)58-23-24-60-51(63)36-47(79-8)55(60)64/h15-22,32-35,47H,9-14,23-31,36H2,1-8H3,(H3-,58,62,65,66,67,68,69,70,71,72,73). The Kier molecular flexibility index (Phi) is 20.7. The van der Waals surface area contributed by atoms with E-state index >= 15 is 0 Å². The van der Waals surface area contributed by atoms with Crippen molar-refractivity contribution in [2.24, 2.45) is 0 Å². The second kappa shape index (κ2) is 26.6. The molecule has 3 aliphatic heterocycles. The van der Waals surface area contributed by atoms with Gasteiger partial charge in [0.2, 0.25) is 23.4 Å². The van der Waals surface area contributed by atoms with E-state index in [4.69, 9.17) is 23.8 Å². The van der Waals surface area contributed by atoms with Crippen LogP contribution < -0.4 is 15.1 Å². The Hall–Kier alpha value is -5.58. The van der Waals surface area contributed by atoms with Crippen molar-refractivity contribution in [1.82, 2.24) is 10.2 Å². The SMILES string of the molecule is CSC1CC(=O)N(CCNC(=O)CCCCOCCOCCOCCON2/C(=C/C=C3\CCCC(/C=C/C4=[N+](C)c5c(C)cc(S(=O)(=O)[O-])cc5C4(C)C)=C3Oc3ccc(S(=O)(=O)O)cc3)C(C)(C)c3cc(S(=O)(=O)O)cc(C)c32)C1=O. The Labute approximate surface area is 484 Å². The molecular weight excluding hydrogens is 1140 g/mol. The number of thioether (sulfide) groups is 1. The number of allylic oxidation sites excluding steroid dienone is 7. The molecule has 0 spiro atoms. The quantitative estimate of drug-likeness (QED) is 0.0296. The van der Waals surface area contributed by atoms with Gasteiger partial charge in [-0.1, -0.05) is 19.9 Å². The van der Waals surface area contributed by atoms with Crippen LogP contribution >= 0.6 is 11.8 Å². The molecule has 3 amide bonds. The summed E-state index contributed by atoms with van der Waals surface area (Å²) < 4.78 is 131. The molecule has 0 radical (unpaired) electrons. The summed E-state index contributed by atoms with van der Waals surface area (Å²) >= 11 is 1.35. The minimum Gasteiger partial charge on any atom is -0.744 e. The smallest absolute Gasteiger partial charge is 0.294 e. The van der Waals surface area contributed by atoms with Crippen LogP contribution in [0.15, 0.2) is 110 Å². The van der Waals surface area contributed by atoms with Crippen molar-refractivity contribution in [2.45, 2.75) is 117 Å². The highest BCUT2D eigenvalue weighted by molar-refractivity contribution is 8.00. The highest BCUT2D eigenvalue weighted by Gasteiger charge is 2.46. The van der Waals surface area contributed by atoms with E-state index in [1.807, 2.05) is 63.6 Å². The van der Waals surface area contributed by atoms with Crippen LogP contribution in [0, 0.1) is 13.8 Å². The van der Waals surface area contributed by atoms with Crippen LogP contribution in [-0.2, 0) is 74.6 Å². The zero-order valence-electron chi connectivity index (χ0n) is 47.3. The number of imide groups is 1. The number of likely N-dealkylation sites (tertiary alicyclic amines) is 1. The summed E-state index contributed by atoms with van der Waals surface area (Å²) in [5, 5.41) is 4.05. The molecule has 0 saturated carbocycles. The molecule has 1 unspecified atom stereocenters. The minimum absolute atomic E-state index is 0.0737. The van der Waals surface area contributed by atoms with Gasteiger partial charge in [0.05, 0.1) is 76.4 Å². The van der Waals surface area contributed by atoms with Crippen LogP contribution in [0.5, 0.6) is 5.75 Å². The highest BCUT2D eigenvalue weighted by atomic mass is 32.2. The molecule has 1 fully saturated rings. The van der Waals surface area contributed by atoms with E-state index in [2.05, 4.69) is 5.32 Å². The first kappa shape index (κ1) is 64.0. The Morgan fingerprint density at radius 1 is 0.793 bits per heavy atom. The average molecular weight is 1210 g/mol. The fraction of sp³-hybridized carbons (Fsp3) is 0.474. The summed E-state index contributed by atoms with van der Waals surface area (Å²) in [6.07, 6.45) is 13.0. The van der Waals surface area contributed by atoms with Gasteiger partial charge < -0.3 is 28.8 Å². The number of hydroxylamine groups is 1. The highest BCUT2D eigenvalue weighted by Crippen LogP contribution is 2.51. The first-order valence-electron chi connectivity index (χ1n) is 26.8. The summed E-state index contributed by atoms with van der Waals surface area (Å²) in [7, 11) is -12.0. The summed E-state index contributed by atoms with van der Waals surface area (Å²) in [5.74, 6) is 0.160. The van der Waals surface area contributed by atoms with Gasteiger partial charge >= 0.3 is 0 Å². The summed E-state index contributed by atoms with van der Waals surface area (Å²) in [5.41, 5.74) is 5.08. The van der Waals surface area contributed by atoms with E-state index < -0.39 is 41.2 Å². The van der Waals surface area contributed by atoms with Gasteiger partial charge in [-0.25, -0.2) is 13.5 Å². The lowest BCUT2D eigenvalue weighted by Gasteiger charge is -2.27. The van der Waals surface area contributed by atoms with Gasteiger partial charge in [-0.05, 0) is 149 Å². The summed E-state index contributed by atoms with van der Waals surface area (Å²) in [6.45, 7) is 13.4. The molecule has 3 aromatic rings. The second-order valence-electron chi connectivity index (χ2n) is 21.3. The number of hydrogen-bond donors (Lipinski definition) is 3. The Morgan fingerprint density at radius 3 is 2.04 bits per heavy atom. The third-order valence-electron chi connectivity index (χ3n) is 14.9. The topological polar surface area (TPSA) is 285 Å². The molecule has 82 heavy (non-hydrogen) atoms. The van der Waals surface area contributed by atoms with E-state index in [0.717, 1.165) is 22.5 Å². The van der Waals surface area contributed by atoms with Gasteiger partial charge in [0.25, 0.3) is 20.2 Å². The Bertz CT molecular complexity index is 3460. The molecule has 446 valence electrons. The maximum absolute atomic E-state index is 12.5. The molecule has 3 N–H and O–H groups in total. The van der Waals surface area contributed by atoms with Gasteiger partial charge in [-0.3, -0.25) is 33.2 Å². The molecule has 3 heterocycles. The first-order chi connectivity index (χ1) is 38.5. The average Bonchev–Trinajstić information content (AvgIpc) is 4.12. The van der Waals surface area contributed by atoms with Crippen molar-refractivity contribution in [3.63, 3.8) is 0 Å². The second-order valence-corrected chi connectivity index (χ2v) is 26.6. The molecule has 21 nitrogen and oxygen atoms in total. The fourth-order valence-corrected chi connectivity index (χ4v) is 12.9. The number of ether oxygens (including phenoxy) is 4. The number of anilines is 1. The largest absolute Gasteiger partial charge is 0.744 e. The van der Waals surface area contributed by atoms with E-state index in [-0.39, 0.29) is 89.3 Å². The lowest BCUT2D eigenvalue weighted by molar-refractivity contribution is -0.402. The fourth-order valence-electron chi connectivity index (χ4n) is 10.6. The molecule has 4 aliphatic rings. The molecule has 1 saturated heterocycles. The van der Waals surface area contributed by atoms with E-state index in [0.29, 0.717) is 97.7 Å². The van der Waals surface area contributed by atoms with Crippen LogP contribution in [0.3, 0.4) is 0 Å². The van der Waals surface area contributed by atoms with Gasteiger partial charge in [-0.15, -0.1) is 0 Å². The number of amides is 3. The molecule has 25 heteroatoms. The number of aryl methyl sites for hydroxylation is 2. The maximum atomic E-state index is 12.5. The number of carbonyl (C=O) groups is 3. The third kappa shape index (κ3) is 15.0. The first-order valence-corrected chi connectivity index (χ1v) is 32.4. The lowest BCUT2D eigenvalue weighted by atomic mass is 9.80. The molecule has 1 aliphatic carbocycles. The Balaban J connectivity index is 1.02. The van der Waals surface area contributed by atoms with Crippen LogP contribution in [0.2, 0.25) is 0 Å². The van der Waals surface area contributed by atoms with Crippen LogP contribution in [0.1, 0.15) is 94.9 Å². The monoisotopic (exact) mass is 1210 g/mol. The zero-order chi connectivity index (χ0) is 60.0. The molecule has 0 aromatic heterocycles. The Morgan fingerprint density at radius 2 is 1.41 bits per heavy atom. The minimum atomic E-state index is -4.74. The maximum Gasteiger partial charge on any atom is 0.294 e. The van der Waals surface area contributed by atoms with Gasteiger partial charge in [-0.2, -0.15) is 33.2 Å². The number of nitrogens with one attached hydrogen (secondary N) is 1. The van der Waals surface area contributed by atoms with Gasteiger partial charge in [0, 0.05) is 55.2 Å². The third-order valence-corrected chi connectivity index (χ3v) is 18.3. The number of nitrogens with zero attached hydrogens (tertiary/aromatic N) is 3. The number of fused-ring (bicyclic) bond motifs is 2.